The van der Waals surface area contributed by atoms with E-state index < -0.39 is 0 Å². The monoisotopic (exact) mass is 237 g/mol. The van der Waals surface area contributed by atoms with Gasteiger partial charge in [-0.05, 0) is 37.7 Å². The average Bonchev–Trinajstić information content (AvgIpc) is 3.04. The van der Waals surface area contributed by atoms with Crippen LogP contribution in [-0.2, 0) is 6.54 Å². The summed E-state index contributed by atoms with van der Waals surface area (Å²) in [6.45, 7) is 3.67. The smallest absolute Gasteiger partial charge is 0.127 e. The molecule has 1 aliphatic rings. The van der Waals surface area contributed by atoms with Crippen molar-refractivity contribution in [3.8, 4) is 0 Å². The zero-order valence-electron chi connectivity index (χ0n) is 10.3. The van der Waals surface area contributed by atoms with Crippen LogP contribution in [0.3, 0.4) is 0 Å². The molecular weight excluding hydrogens is 217 g/mol. The zero-order valence-corrected chi connectivity index (χ0v) is 10.3. The van der Waals surface area contributed by atoms with Gasteiger partial charge in [-0.15, -0.1) is 0 Å². The summed E-state index contributed by atoms with van der Waals surface area (Å²) in [7, 11) is 0. The number of halogens is 1. The van der Waals surface area contributed by atoms with Gasteiger partial charge in [-0.3, -0.25) is 0 Å². The highest BCUT2D eigenvalue weighted by atomic mass is 19.1. The molecule has 0 aromatic heterocycles. The maximum atomic E-state index is 13.5. The lowest BCUT2D eigenvalue weighted by molar-refractivity contribution is 0.245. The second kappa shape index (κ2) is 5.15. The molecule has 2 rings (SSSR count). The summed E-state index contributed by atoms with van der Waals surface area (Å²) in [5, 5.41) is 12.3. The van der Waals surface area contributed by atoms with E-state index in [-0.39, 0.29) is 17.8 Å². The number of aryl methyl sites for hydroxylation is 1. The predicted octanol–water partition coefficient (Wildman–Crippen LogP) is 2.39. The summed E-state index contributed by atoms with van der Waals surface area (Å²) in [6.07, 6.45) is 3.21. The summed E-state index contributed by atoms with van der Waals surface area (Å²) in [6, 6.07) is 5.19. The van der Waals surface area contributed by atoms with E-state index in [4.69, 9.17) is 5.11 Å². The van der Waals surface area contributed by atoms with E-state index in [0.717, 1.165) is 24.1 Å². The number of aliphatic hydroxyl groups is 1. The molecule has 0 amide bonds. The van der Waals surface area contributed by atoms with Crippen molar-refractivity contribution in [2.45, 2.75) is 32.7 Å². The van der Waals surface area contributed by atoms with Crippen LogP contribution in [0.5, 0.6) is 0 Å². The highest BCUT2D eigenvalue weighted by molar-refractivity contribution is 5.23. The Hall–Kier alpha value is -0.930. The van der Waals surface area contributed by atoms with Crippen LogP contribution < -0.4 is 5.32 Å². The summed E-state index contributed by atoms with van der Waals surface area (Å²) < 4.78 is 13.5. The Balaban J connectivity index is 1.84. The molecule has 94 valence electrons. The Morgan fingerprint density at radius 3 is 2.82 bits per heavy atom. The number of rotatable bonds is 6. The lowest BCUT2D eigenvalue weighted by atomic mass is 10.0. The van der Waals surface area contributed by atoms with Crippen LogP contribution in [0.25, 0.3) is 0 Å². The first-order valence-corrected chi connectivity index (χ1v) is 6.22. The molecule has 0 atom stereocenters. The number of aliphatic hydroxyl groups excluding tert-OH is 1. The van der Waals surface area contributed by atoms with E-state index in [1.165, 1.54) is 18.9 Å². The van der Waals surface area contributed by atoms with Gasteiger partial charge in [0.05, 0.1) is 0 Å². The molecular formula is C14H20FNO. The van der Waals surface area contributed by atoms with Gasteiger partial charge in [0.1, 0.15) is 5.82 Å². The summed E-state index contributed by atoms with van der Waals surface area (Å²) >= 11 is 0. The minimum absolute atomic E-state index is 0.143. The number of hydrogen-bond acceptors (Lipinski definition) is 2. The van der Waals surface area contributed by atoms with Gasteiger partial charge in [0, 0.05) is 25.3 Å². The minimum Gasteiger partial charge on any atom is -0.396 e. The molecule has 1 aromatic carbocycles. The lowest BCUT2D eigenvalue weighted by Gasteiger charge is -2.15. The van der Waals surface area contributed by atoms with E-state index in [1.807, 2.05) is 13.0 Å². The minimum atomic E-state index is -0.143. The third kappa shape index (κ3) is 3.27. The fourth-order valence-corrected chi connectivity index (χ4v) is 2.23. The van der Waals surface area contributed by atoms with Crippen molar-refractivity contribution in [3.05, 3.63) is 35.1 Å². The first kappa shape index (κ1) is 12.5. The highest BCUT2D eigenvalue weighted by Crippen LogP contribution is 2.47. The standard InChI is InChI=1S/C14H20FNO/c1-11-2-3-13(15)12(8-11)9-16-10-14(4-5-14)6-7-17/h2-3,8,16-17H,4-7,9-10H2,1H3. The number of benzene rings is 1. The van der Waals surface area contributed by atoms with Gasteiger partial charge in [0.25, 0.3) is 0 Å². The van der Waals surface area contributed by atoms with Crippen LogP contribution in [0.2, 0.25) is 0 Å². The van der Waals surface area contributed by atoms with E-state index in [1.54, 1.807) is 6.07 Å². The molecule has 0 aliphatic heterocycles. The summed E-state index contributed by atoms with van der Waals surface area (Å²) in [5.41, 5.74) is 2.10. The molecule has 3 heteroatoms. The SMILES string of the molecule is Cc1ccc(F)c(CNCC2(CCO)CC2)c1. The quantitative estimate of drug-likeness (QED) is 0.796. The first-order valence-electron chi connectivity index (χ1n) is 6.22. The fraction of sp³-hybridized carbons (Fsp3) is 0.571. The van der Waals surface area contributed by atoms with Crippen LogP contribution in [-0.4, -0.2) is 18.3 Å². The van der Waals surface area contributed by atoms with Crippen LogP contribution in [0.15, 0.2) is 18.2 Å². The topological polar surface area (TPSA) is 32.3 Å². The number of hydrogen-bond donors (Lipinski definition) is 2. The molecule has 2 nitrogen and oxygen atoms in total. The molecule has 1 saturated carbocycles. The Labute approximate surface area is 102 Å². The molecule has 0 saturated heterocycles. The second-order valence-electron chi connectivity index (χ2n) is 5.17. The average molecular weight is 237 g/mol. The van der Waals surface area contributed by atoms with Crippen molar-refractivity contribution < 1.29 is 9.50 Å². The van der Waals surface area contributed by atoms with Gasteiger partial charge in [-0.25, -0.2) is 4.39 Å². The maximum absolute atomic E-state index is 13.5. The Morgan fingerprint density at radius 2 is 2.18 bits per heavy atom. The highest BCUT2D eigenvalue weighted by Gasteiger charge is 2.41. The Kier molecular flexibility index (Phi) is 3.79. The van der Waals surface area contributed by atoms with Crippen molar-refractivity contribution >= 4 is 0 Å². The summed E-state index contributed by atoms with van der Waals surface area (Å²) in [4.78, 5) is 0. The largest absolute Gasteiger partial charge is 0.396 e. The third-order valence-corrected chi connectivity index (χ3v) is 3.62. The predicted molar refractivity (Wildman–Crippen MR) is 66.2 cm³/mol. The third-order valence-electron chi connectivity index (χ3n) is 3.62. The molecule has 1 fully saturated rings. The van der Waals surface area contributed by atoms with Gasteiger partial charge in [-0.1, -0.05) is 17.7 Å². The number of nitrogens with one attached hydrogen (secondary N) is 1. The zero-order chi connectivity index (χ0) is 12.3. The van der Waals surface area contributed by atoms with Gasteiger partial charge >= 0.3 is 0 Å². The molecule has 0 heterocycles. The molecule has 1 aromatic rings. The van der Waals surface area contributed by atoms with Crippen molar-refractivity contribution in [2.75, 3.05) is 13.2 Å². The van der Waals surface area contributed by atoms with Crippen LogP contribution >= 0.6 is 0 Å². The van der Waals surface area contributed by atoms with Crippen molar-refractivity contribution in [1.29, 1.82) is 0 Å². The van der Waals surface area contributed by atoms with Crippen molar-refractivity contribution in [3.63, 3.8) is 0 Å². The van der Waals surface area contributed by atoms with Gasteiger partial charge in [0.2, 0.25) is 0 Å². The molecule has 0 spiro atoms. The maximum Gasteiger partial charge on any atom is 0.127 e. The molecule has 2 N–H and O–H groups in total. The summed E-state index contributed by atoms with van der Waals surface area (Å²) in [5.74, 6) is -0.143. The normalized spacial score (nSPS) is 17.1. The van der Waals surface area contributed by atoms with E-state index >= 15 is 0 Å². The Bertz CT molecular complexity index is 388. The van der Waals surface area contributed by atoms with Gasteiger partial charge in [-0.2, -0.15) is 0 Å². The molecule has 0 bridgehead atoms. The first-order chi connectivity index (χ1) is 8.15. The molecule has 0 radical (unpaired) electrons. The fourth-order valence-electron chi connectivity index (χ4n) is 2.23. The lowest BCUT2D eigenvalue weighted by Crippen LogP contribution is -2.24. The molecule has 17 heavy (non-hydrogen) atoms. The van der Waals surface area contributed by atoms with Crippen LogP contribution in [0.4, 0.5) is 4.39 Å². The molecule has 0 unspecified atom stereocenters. The van der Waals surface area contributed by atoms with Crippen molar-refractivity contribution in [1.82, 2.24) is 5.32 Å². The van der Waals surface area contributed by atoms with Crippen LogP contribution in [0.1, 0.15) is 30.4 Å². The van der Waals surface area contributed by atoms with Gasteiger partial charge in [0.15, 0.2) is 0 Å². The molecule has 1 aliphatic carbocycles. The Morgan fingerprint density at radius 1 is 1.41 bits per heavy atom. The van der Waals surface area contributed by atoms with Gasteiger partial charge < -0.3 is 10.4 Å². The van der Waals surface area contributed by atoms with Crippen LogP contribution in [0, 0.1) is 18.2 Å². The van der Waals surface area contributed by atoms with E-state index in [2.05, 4.69) is 5.32 Å². The van der Waals surface area contributed by atoms with E-state index in [9.17, 15) is 4.39 Å². The van der Waals surface area contributed by atoms with E-state index in [0.29, 0.717) is 6.54 Å². The second-order valence-corrected chi connectivity index (χ2v) is 5.17. The van der Waals surface area contributed by atoms with Crippen molar-refractivity contribution in [2.24, 2.45) is 5.41 Å².